The average Bonchev–Trinajstić information content (AvgIpc) is 3.24. The Morgan fingerprint density at radius 1 is 0.508 bits per heavy atom. The van der Waals surface area contributed by atoms with Crippen LogP contribution in [-0.2, 0) is 28.6 Å². The number of hydrogen-bond acceptors (Lipinski definition) is 6. The predicted octanol–water partition coefficient (Wildman–Crippen LogP) is 15.1. The molecule has 0 aliphatic carbocycles. The van der Waals surface area contributed by atoms with E-state index in [0.717, 1.165) is 70.6 Å². The van der Waals surface area contributed by atoms with Crippen LogP contribution in [-0.4, -0.2) is 80.6 Å². The molecule has 366 valence electrons. The first-order valence-corrected chi connectivity index (χ1v) is 26.2. The molecule has 0 aliphatic heterocycles. The van der Waals surface area contributed by atoms with Crippen molar-refractivity contribution in [1.29, 1.82) is 0 Å². The molecule has 0 aromatic carbocycles. The van der Waals surface area contributed by atoms with E-state index < -0.39 is 18.1 Å². The maximum atomic E-state index is 12.8. The molecule has 0 bridgehead atoms. The SMILES string of the molecule is CC/C=C/C/C=C/CCCCCCCCCCCCCCCCC(=O)OC(COCCC(C(=O)O)[N+](C)(C)C)COC(=O)CCCCCCC/C=C/C=C/CCCCCCCCC. The Morgan fingerprint density at radius 3 is 1.40 bits per heavy atom. The lowest BCUT2D eigenvalue weighted by molar-refractivity contribution is -0.887. The van der Waals surface area contributed by atoms with Gasteiger partial charge in [0.2, 0.25) is 0 Å². The first kappa shape index (κ1) is 60.3. The highest BCUT2D eigenvalue weighted by molar-refractivity contribution is 5.72. The van der Waals surface area contributed by atoms with Crippen molar-refractivity contribution in [3.05, 3.63) is 48.6 Å². The summed E-state index contributed by atoms with van der Waals surface area (Å²) in [4.78, 5) is 37.2. The molecule has 0 spiro atoms. The lowest BCUT2D eigenvalue weighted by atomic mass is 10.0. The lowest BCUT2D eigenvalue weighted by Crippen LogP contribution is -2.50. The maximum Gasteiger partial charge on any atom is 0.362 e. The minimum absolute atomic E-state index is 0.0569. The Hall–Kier alpha value is -2.71. The highest BCUT2D eigenvalue weighted by Crippen LogP contribution is 2.16. The predicted molar refractivity (Wildman–Crippen MR) is 266 cm³/mol. The molecule has 0 saturated heterocycles. The van der Waals surface area contributed by atoms with Crippen molar-refractivity contribution in [3.8, 4) is 0 Å². The van der Waals surface area contributed by atoms with Gasteiger partial charge in [-0.3, -0.25) is 9.59 Å². The van der Waals surface area contributed by atoms with Crippen LogP contribution in [0.5, 0.6) is 0 Å². The van der Waals surface area contributed by atoms with Crippen LogP contribution in [0.2, 0.25) is 0 Å². The molecule has 2 unspecified atom stereocenters. The van der Waals surface area contributed by atoms with Gasteiger partial charge in [-0.25, -0.2) is 4.79 Å². The lowest BCUT2D eigenvalue weighted by Gasteiger charge is -2.31. The fourth-order valence-corrected chi connectivity index (χ4v) is 7.71. The van der Waals surface area contributed by atoms with Crippen molar-refractivity contribution in [2.24, 2.45) is 0 Å². The zero-order valence-electron chi connectivity index (χ0n) is 41.8. The molecule has 1 N–H and O–H groups in total. The second kappa shape index (κ2) is 45.8. The van der Waals surface area contributed by atoms with E-state index in [1.165, 1.54) is 128 Å². The molecule has 0 aromatic heterocycles. The first-order valence-electron chi connectivity index (χ1n) is 26.2. The highest BCUT2D eigenvalue weighted by atomic mass is 16.6. The molecule has 8 heteroatoms. The summed E-state index contributed by atoms with van der Waals surface area (Å²) in [6.07, 6.45) is 55.9. The van der Waals surface area contributed by atoms with Crippen molar-refractivity contribution >= 4 is 17.9 Å². The summed E-state index contributed by atoms with van der Waals surface area (Å²) >= 11 is 0. The van der Waals surface area contributed by atoms with Crippen LogP contribution >= 0.6 is 0 Å². The third-order valence-electron chi connectivity index (χ3n) is 11.7. The van der Waals surface area contributed by atoms with Crippen molar-refractivity contribution in [2.75, 3.05) is 41.0 Å². The van der Waals surface area contributed by atoms with Crippen LogP contribution in [0.25, 0.3) is 0 Å². The molecule has 0 saturated carbocycles. The number of allylic oxidation sites excluding steroid dienone is 8. The molecular formula is C55H100NO7+. The van der Waals surface area contributed by atoms with Crippen molar-refractivity contribution in [3.63, 3.8) is 0 Å². The van der Waals surface area contributed by atoms with Crippen molar-refractivity contribution in [1.82, 2.24) is 0 Å². The van der Waals surface area contributed by atoms with E-state index in [-0.39, 0.29) is 36.2 Å². The molecule has 0 aromatic rings. The summed E-state index contributed by atoms with van der Waals surface area (Å²) in [5.41, 5.74) is 0. The van der Waals surface area contributed by atoms with Crippen LogP contribution in [0.15, 0.2) is 48.6 Å². The van der Waals surface area contributed by atoms with Gasteiger partial charge in [0.25, 0.3) is 0 Å². The van der Waals surface area contributed by atoms with Crippen LogP contribution in [0.3, 0.4) is 0 Å². The van der Waals surface area contributed by atoms with E-state index in [9.17, 15) is 19.5 Å². The maximum absolute atomic E-state index is 12.8. The molecule has 8 nitrogen and oxygen atoms in total. The summed E-state index contributed by atoms with van der Waals surface area (Å²) in [5.74, 6) is -1.48. The third-order valence-corrected chi connectivity index (χ3v) is 11.7. The highest BCUT2D eigenvalue weighted by Gasteiger charge is 2.31. The Kier molecular flexibility index (Phi) is 43.9. The number of carboxylic acid groups (broad SMARTS) is 1. The minimum atomic E-state index is -0.876. The monoisotopic (exact) mass is 887 g/mol. The number of hydrogen-bond donors (Lipinski definition) is 1. The van der Waals surface area contributed by atoms with E-state index in [1.807, 2.05) is 21.1 Å². The van der Waals surface area contributed by atoms with Gasteiger partial charge in [0.15, 0.2) is 12.1 Å². The number of nitrogens with zero attached hydrogens (tertiary/aromatic N) is 1. The fourth-order valence-electron chi connectivity index (χ4n) is 7.71. The standard InChI is InChI=1S/C55H99NO7/c1-6-8-10-12-14-16-18-20-22-24-26-27-28-30-32-34-36-38-40-42-44-46-54(58)63-51(49-61-48-47-52(55(59)60)56(3,4)5)50-62-53(57)45-43-41-39-37-35-33-31-29-25-23-21-19-17-15-13-11-9-7-2/h8,10,14,16,23,25,29,31,51-52H,6-7,9,11-13,15,17-22,24,26-28,30,32-50H2,1-5H3/p+1/b10-8+,16-14+,25-23+,31-29+. The molecule has 2 atom stereocenters. The van der Waals surface area contributed by atoms with Gasteiger partial charge in [0, 0.05) is 19.3 Å². The molecule has 0 rings (SSSR count). The van der Waals surface area contributed by atoms with Gasteiger partial charge < -0.3 is 23.8 Å². The topological polar surface area (TPSA) is 99.1 Å². The van der Waals surface area contributed by atoms with Crippen LogP contribution in [0.1, 0.15) is 232 Å². The molecule has 0 heterocycles. The van der Waals surface area contributed by atoms with Gasteiger partial charge >= 0.3 is 17.9 Å². The van der Waals surface area contributed by atoms with Crippen LogP contribution < -0.4 is 0 Å². The summed E-state index contributed by atoms with van der Waals surface area (Å²) in [5, 5.41) is 9.66. The quantitative estimate of drug-likeness (QED) is 0.0214. The number of unbranched alkanes of at least 4 members (excludes halogenated alkanes) is 26. The van der Waals surface area contributed by atoms with Gasteiger partial charge in [-0.1, -0.05) is 197 Å². The van der Waals surface area contributed by atoms with Gasteiger partial charge in [-0.05, 0) is 64.2 Å². The second-order valence-electron chi connectivity index (χ2n) is 18.8. The smallest absolute Gasteiger partial charge is 0.362 e. The van der Waals surface area contributed by atoms with E-state index in [4.69, 9.17) is 14.2 Å². The summed E-state index contributed by atoms with van der Waals surface area (Å²) < 4.78 is 17.4. The first-order chi connectivity index (χ1) is 30.6. The van der Waals surface area contributed by atoms with Crippen LogP contribution in [0.4, 0.5) is 0 Å². The van der Waals surface area contributed by atoms with E-state index in [1.54, 1.807) is 0 Å². The number of rotatable bonds is 47. The largest absolute Gasteiger partial charge is 0.477 e. The fraction of sp³-hybridized carbons (Fsp3) is 0.800. The Labute approximate surface area is 388 Å². The number of carboxylic acids is 1. The zero-order valence-corrected chi connectivity index (χ0v) is 41.8. The summed E-state index contributed by atoms with van der Waals surface area (Å²) in [6.45, 7) is 4.64. The number of carbonyl (C=O) groups is 3. The summed E-state index contributed by atoms with van der Waals surface area (Å²) in [7, 11) is 5.53. The van der Waals surface area contributed by atoms with Crippen molar-refractivity contribution in [2.45, 2.75) is 244 Å². The Morgan fingerprint density at radius 2 is 0.937 bits per heavy atom. The molecule has 63 heavy (non-hydrogen) atoms. The van der Waals surface area contributed by atoms with E-state index in [0.29, 0.717) is 19.3 Å². The molecule has 0 amide bonds. The average molecular weight is 887 g/mol. The molecule has 0 fully saturated rings. The number of esters is 2. The minimum Gasteiger partial charge on any atom is -0.477 e. The number of carbonyl (C=O) groups excluding carboxylic acids is 2. The van der Waals surface area contributed by atoms with Gasteiger partial charge in [0.05, 0.1) is 34.4 Å². The third kappa shape index (κ3) is 44.3. The summed E-state index contributed by atoms with van der Waals surface area (Å²) in [6, 6.07) is -0.618. The number of likely N-dealkylation sites (N-methyl/N-ethyl adjacent to an activating group) is 1. The van der Waals surface area contributed by atoms with Gasteiger partial charge in [0.1, 0.15) is 6.61 Å². The Balaban J connectivity index is 4.24. The van der Waals surface area contributed by atoms with Crippen LogP contribution in [0, 0.1) is 0 Å². The van der Waals surface area contributed by atoms with E-state index >= 15 is 0 Å². The Bertz CT molecular complexity index is 1170. The molecule has 0 radical (unpaired) electrons. The molecule has 0 aliphatic rings. The zero-order chi connectivity index (χ0) is 46.3. The normalized spacial score (nSPS) is 13.2. The second-order valence-corrected chi connectivity index (χ2v) is 18.8. The van der Waals surface area contributed by atoms with Gasteiger partial charge in [-0.15, -0.1) is 0 Å². The van der Waals surface area contributed by atoms with E-state index in [2.05, 4.69) is 62.5 Å². The number of ether oxygens (including phenoxy) is 3. The van der Waals surface area contributed by atoms with Crippen molar-refractivity contribution < 1.29 is 38.2 Å². The number of quaternary nitrogens is 1. The number of aliphatic carboxylic acids is 1. The van der Waals surface area contributed by atoms with Gasteiger partial charge in [-0.2, -0.15) is 0 Å². The molecular weight excluding hydrogens is 787 g/mol.